The van der Waals surface area contributed by atoms with Crippen LogP contribution in [0.4, 0.5) is 5.69 Å². The van der Waals surface area contributed by atoms with Crippen LogP contribution >= 0.6 is 15.9 Å². The fraction of sp³-hybridized carbons (Fsp3) is 0.0952. The monoisotopic (exact) mass is 377 g/mol. The molecule has 0 saturated carbocycles. The summed E-state index contributed by atoms with van der Waals surface area (Å²) in [6.07, 6.45) is 0. The lowest BCUT2D eigenvalue weighted by Crippen LogP contribution is -2.53. The molecule has 1 heterocycles. The molecular weight excluding hydrogens is 362 g/mol. The highest BCUT2D eigenvalue weighted by molar-refractivity contribution is 9.10. The van der Waals surface area contributed by atoms with Crippen molar-refractivity contribution in [3.63, 3.8) is 0 Å². The van der Waals surface area contributed by atoms with Gasteiger partial charge in [-0.15, -0.1) is 0 Å². The minimum absolute atomic E-state index is 0.0299. The molecule has 2 unspecified atom stereocenters. The van der Waals surface area contributed by atoms with Gasteiger partial charge in [-0.25, -0.2) is 0 Å². The summed E-state index contributed by atoms with van der Waals surface area (Å²) >= 11 is 3.45. The second-order valence-corrected chi connectivity index (χ2v) is 6.84. The first-order valence-electron chi connectivity index (χ1n) is 7.94. The normalized spacial score (nSPS) is 19.9. The van der Waals surface area contributed by atoms with Crippen molar-refractivity contribution in [2.24, 2.45) is 0 Å². The van der Waals surface area contributed by atoms with Crippen LogP contribution in [0, 0.1) is 0 Å². The summed E-state index contributed by atoms with van der Waals surface area (Å²) < 4.78 is 1.01. The Morgan fingerprint density at radius 2 is 1.25 bits per heavy atom. The zero-order valence-electron chi connectivity index (χ0n) is 13.0. The van der Waals surface area contributed by atoms with Gasteiger partial charge in [-0.2, -0.15) is 0 Å². The number of carbonyl (C=O) groups is 1. The Balaban J connectivity index is 1.77. The highest BCUT2D eigenvalue weighted by Crippen LogP contribution is 2.48. The third kappa shape index (κ3) is 2.55. The van der Waals surface area contributed by atoms with Crippen molar-refractivity contribution in [3.05, 3.63) is 101 Å². The Labute approximate surface area is 149 Å². The van der Waals surface area contributed by atoms with Gasteiger partial charge in [0.15, 0.2) is 0 Å². The Kier molecular flexibility index (Phi) is 3.95. The van der Waals surface area contributed by atoms with Crippen molar-refractivity contribution in [2.45, 2.75) is 12.0 Å². The number of hydrogen-bond donors (Lipinski definition) is 0. The fourth-order valence-electron chi connectivity index (χ4n) is 3.36. The molecule has 0 bridgehead atoms. The molecule has 3 heteroatoms. The second-order valence-electron chi connectivity index (χ2n) is 5.93. The second kappa shape index (κ2) is 6.25. The smallest absolute Gasteiger partial charge is 0.237 e. The number of β-lactam (4-membered cyclic amide) rings is 1. The quantitative estimate of drug-likeness (QED) is 0.565. The minimum Gasteiger partial charge on any atom is -0.303 e. The van der Waals surface area contributed by atoms with E-state index in [-0.39, 0.29) is 17.9 Å². The molecule has 3 aromatic rings. The summed E-state index contributed by atoms with van der Waals surface area (Å²) in [4.78, 5) is 14.8. The van der Waals surface area contributed by atoms with Gasteiger partial charge in [0.2, 0.25) is 5.91 Å². The molecule has 0 N–H and O–H groups in total. The van der Waals surface area contributed by atoms with Crippen molar-refractivity contribution < 1.29 is 4.79 Å². The predicted molar refractivity (Wildman–Crippen MR) is 100.0 cm³/mol. The molecule has 1 fully saturated rings. The molecule has 0 radical (unpaired) electrons. The van der Waals surface area contributed by atoms with Crippen LogP contribution in [0.2, 0.25) is 0 Å². The maximum atomic E-state index is 12.9. The summed E-state index contributed by atoms with van der Waals surface area (Å²) in [5.74, 6) is 0.0228. The average Bonchev–Trinajstić information content (AvgIpc) is 2.63. The Morgan fingerprint density at radius 1 is 0.708 bits per heavy atom. The van der Waals surface area contributed by atoms with Gasteiger partial charge in [0.1, 0.15) is 0 Å². The number of carbonyl (C=O) groups excluding carboxylic acids is 1. The maximum Gasteiger partial charge on any atom is 0.237 e. The standard InChI is InChI=1S/C21H16BrNO/c22-17-11-13-18(14-12-17)23-20(16-9-5-2-6-10-16)19(21(23)24)15-7-3-1-4-8-15/h1-14,19-20H. The molecule has 1 aliphatic rings. The lowest BCUT2D eigenvalue weighted by molar-refractivity contribution is -0.126. The van der Waals surface area contributed by atoms with Crippen LogP contribution in [0.3, 0.4) is 0 Å². The van der Waals surface area contributed by atoms with E-state index in [1.54, 1.807) is 0 Å². The van der Waals surface area contributed by atoms with Gasteiger partial charge in [0.05, 0.1) is 12.0 Å². The third-order valence-corrected chi connectivity index (χ3v) is 5.03. The zero-order valence-corrected chi connectivity index (χ0v) is 14.6. The molecule has 4 rings (SSSR count). The lowest BCUT2D eigenvalue weighted by atomic mass is 9.77. The number of anilines is 1. The topological polar surface area (TPSA) is 20.3 Å². The van der Waals surface area contributed by atoms with Crippen LogP contribution in [-0.2, 0) is 4.79 Å². The van der Waals surface area contributed by atoms with Crippen molar-refractivity contribution >= 4 is 27.5 Å². The van der Waals surface area contributed by atoms with Crippen molar-refractivity contribution in [1.82, 2.24) is 0 Å². The molecule has 0 aromatic heterocycles. The van der Waals surface area contributed by atoms with Crippen molar-refractivity contribution in [2.75, 3.05) is 4.90 Å². The molecule has 1 saturated heterocycles. The van der Waals surface area contributed by atoms with Crippen molar-refractivity contribution in [3.8, 4) is 0 Å². The molecule has 24 heavy (non-hydrogen) atoms. The van der Waals surface area contributed by atoms with Crippen LogP contribution in [0.1, 0.15) is 23.1 Å². The van der Waals surface area contributed by atoms with Gasteiger partial charge in [0.25, 0.3) is 0 Å². The van der Waals surface area contributed by atoms with Crippen LogP contribution < -0.4 is 4.90 Å². The number of benzene rings is 3. The Hall–Kier alpha value is -2.39. The van der Waals surface area contributed by atoms with E-state index in [0.29, 0.717) is 0 Å². The summed E-state index contributed by atoms with van der Waals surface area (Å²) in [6, 6.07) is 28.2. The van der Waals surface area contributed by atoms with Crippen LogP contribution in [0.25, 0.3) is 0 Å². The number of hydrogen-bond acceptors (Lipinski definition) is 1. The number of nitrogens with zero attached hydrogens (tertiary/aromatic N) is 1. The Morgan fingerprint density at radius 3 is 1.83 bits per heavy atom. The van der Waals surface area contributed by atoms with Gasteiger partial charge in [-0.3, -0.25) is 4.79 Å². The maximum absolute atomic E-state index is 12.9. The molecule has 1 aliphatic heterocycles. The first kappa shape index (κ1) is 15.2. The molecule has 2 atom stereocenters. The minimum atomic E-state index is -0.128. The van der Waals surface area contributed by atoms with Gasteiger partial charge < -0.3 is 4.90 Å². The summed E-state index contributed by atoms with van der Waals surface area (Å²) in [7, 11) is 0. The van der Waals surface area contributed by atoms with Crippen LogP contribution in [-0.4, -0.2) is 5.91 Å². The largest absolute Gasteiger partial charge is 0.303 e. The molecule has 0 aliphatic carbocycles. The molecule has 0 spiro atoms. The molecule has 3 aromatic carbocycles. The van der Waals surface area contributed by atoms with E-state index in [4.69, 9.17) is 0 Å². The first-order valence-corrected chi connectivity index (χ1v) is 8.73. The van der Waals surface area contributed by atoms with Crippen LogP contribution in [0.5, 0.6) is 0 Å². The van der Waals surface area contributed by atoms with Gasteiger partial charge in [-0.05, 0) is 35.4 Å². The molecular formula is C21H16BrNO. The predicted octanol–water partition coefficient (Wildman–Crippen LogP) is 5.32. The van der Waals surface area contributed by atoms with E-state index in [9.17, 15) is 4.79 Å². The number of amides is 1. The molecule has 118 valence electrons. The number of halogens is 1. The highest BCUT2D eigenvalue weighted by Gasteiger charge is 2.49. The van der Waals surface area contributed by atoms with Gasteiger partial charge in [0, 0.05) is 10.2 Å². The number of rotatable bonds is 3. The van der Waals surface area contributed by atoms with Crippen LogP contribution in [0.15, 0.2) is 89.4 Å². The first-order chi connectivity index (χ1) is 11.8. The lowest BCUT2D eigenvalue weighted by Gasteiger charge is -2.47. The molecule has 1 amide bonds. The van der Waals surface area contributed by atoms with Gasteiger partial charge >= 0.3 is 0 Å². The summed E-state index contributed by atoms with van der Waals surface area (Å²) in [5, 5.41) is 0. The Bertz CT molecular complexity index is 846. The van der Waals surface area contributed by atoms with E-state index in [2.05, 4.69) is 28.1 Å². The third-order valence-electron chi connectivity index (χ3n) is 4.50. The highest BCUT2D eigenvalue weighted by atomic mass is 79.9. The zero-order chi connectivity index (χ0) is 16.5. The fourth-order valence-corrected chi connectivity index (χ4v) is 3.62. The van der Waals surface area contributed by atoms with E-state index >= 15 is 0 Å². The van der Waals surface area contributed by atoms with Crippen molar-refractivity contribution in [1.29, 1.82) is 0 Å². The molecule has 2 nitrogen and oxygen atoms in total. The van der Waals surface area contributed by atoms with E-state index in [1.165, 1.54) is 0 Å². The van der Waals surface area contributed by atoms with Gasteiger partial charge in [-0.1, -0.05) is 76.6 Å². The summed E-state index contributed by atoms with van der Waals surface area (Å²) in [6.45, 7) is 0. The van der Waals surface area contributed by atoms with E-state index < -0.39 is 0 Å². The average molecular weight is 378 g/mol. The SMILES string of the molecule is O=C1C(c2ccccc2)C(c2ccccc2)N1c1ccc(Br)cc1. The van der Waals surface area contributed by atoms with E-state index in [1.807, 2.05) is 77.7 Å². The van der Waals surface area contributed by atoms with E-state index in [0.717, 1.165) is 21.3 Å². The summed E-state index contributed by atoms with van der Waals surface area (Å²) in [5.41, 5.74) is 3.17.